The molecule has 1 aliphatic heterocycles. The minimum absolute atomic E-state index is 0.375. The Kier molecular flexibility index (Phi) is 5.66. The maximum absolute atomic E-state index is 10.6. The van der Waals surface area contributed by atoms with Crippen molar-refractivity contribution in [3.63, 3.8) is 0 Å². The van der Waals surface area contributed by atoms with Crippen molar-refractivity contribution in [2.75, 3.05) is 13.2 Å². The summed E-state index contributed by atoms with van der Waals surface area (Å²) in [5.74, 6) is 1.12. The van der Waals surface area contributed by atoms with Gasteiger partial charge < -0.3 is 19.1 Å². The maximum atomic E-state index is 10.6. The van der Waals surface area contributed by atoms with E-state index in [0.717, 1.165) is 39.5 Å². The monoisotopic (exact) mass is 403 g/mol. The molecule has 152 valence electrons. The van der Waals surface area contributed by atoms with E-state index >= 15 is 0 Å². The Bertz CT molecular complexity index is 1100. The van der Waals surface area contributed by atoms with E-state index in [2.05, 4.69) is 5.16 Å². The summed E-state index contributed by atoms with van der Waals surface area (Å²) in [6.45, 7) is 2.23. The molecule has 1 N–H and O–H groups in total. The van der Waals surface area contributed by atoms with Crippen LogP contribution in [0.3, 0.4) is 0 Å². The lowest BCUT2D eigenvalue weighted by Gasteiger charge is -2.12. The molecule has 1 aliphatic carbocycles. The van der Waals surface area contributed by atoms with Crippen molar-refractivity contribution >= 4 is 5.97 Å². The van der Waals surface area contributed by atoms with Gasteiger partial charge in [0.15, 0.2) is 6.61 Å². The lowest BCUT2D eigenvalue weighted by atomic mass is 9.99. The van der Waals surface area contributed by atoms with Gasteiger partial charge in [0.25, 0.3) is 0 Å². The highest BCUT2D eigenvalue weighted by Crippen LogP contribution is 2.36. The van der Waals surface area contributed by atoms with Gasteiger partial charge in [-0.3, -0.25) is 0 Å². The number of fused-ring (bicyclic) bond motifs is 1. The average Bonchev–Trinajstić information content (AvgIpc) is 3.25. The molecule has 4 rings (SSSR count). The molecule has 0 atom stereocenters. The largest absolute Gasteiger partial charge is 0.494 e. The number of aliphatic carboxylic acids is 1. The van der Waals surface area contributed by atoms with Crippen LogP contribution in [0.4, 0.5) is 0 Å². The first kappa shape index (κ1) is 19.5. The van der Waals surface area contributed by atoms with E-state index < -0.39 is 5.97 Å². The van der Waals surface area contributed by atoms with E-state index in [4.69, 9.17) is 19.1 Å². The second kappa shape index (κ2) is 8.69. The zero-order valence-corrected chi connectivity index (χ0v) is 16.5. The fourth-order valence-corrected chi connectivity index (χ4v) is 3.31. The normalized spacial score (nSPS) is 10.8. The molecule has 0 bridgehead atoms. The molecule has 0 unspecified atom stereocenters. The maximum Gasteiger partial charge on any atom is 0.341 e. The van der Waals surface area contributed by atoms with Crippen LogP contribution in [-0.2, 0) is 11.2 Å². The molecule has 0 saturated carbocycles. The molecule has 1 heterocycles. The number of nitrogens with zero attached hydrogens (tertiary/aromatic N) is 1. The fourth-order valence-electron chi connectivity index (χ4n) is 3.31. The van der Waals surface area contributed by atoms with Crippen molar-refractivity contribution in [3.8, 4) is 33.9 Å². The van der Waals surface area contributed by atoms with E-state index in [0.29, 0.717) is 18.8 Å². The predicted octanol–water partition coefficient (Wildman–Crippen LogP) is 4.90. The SMILES string of the molecule is CCOc1ccc(Cc2onc(-c3ccc(OCC(=O)O)cc3)c3cccc2-3)cc1. The predicted molar refractivity (Wildman–Crippen MR) is 112 cm³/mol. The molecule has 30 heavy (non-hydrogen) atoms. The van der Waals surface area contributed by atoms with Crippen LogP contribution in [0.15, 0.2) is 71.3 Å². The number of ether oxygens (including phenoxy) is 2. The Balaban J connectivity index is 1.57. The summed E-state index contributed by atoms with van der Waals surface area (Å²) >= 11 is 0. The Hall–Kier alpha value is -3.80. The smallest absolute Gasteiger partial charge is 0.341 e. The number of carboxylic acid groups (broad SMARTS) is 1. The van der Waals surface area contributed by atoms with E-state index in [1.807, 2.05) is 61.5 Å². The summed E-state index contributed by atoms with van der Waals surface area (Å²) in [4.78, 5) is 10.6. The Morgan fingerprint density at radius 1 is 0.933 bits per heavy atom. The van der Waals surface area contributed by atoms with E-state index in [1.54, 1.807) is 12.1 Å². The summed E-state index contributed by atoms with van der Waals surface area (Å²) < 4.78 is 16.5. The van der Waals surface area contributed by atoms with E-state index in [9.17, 15) is 4.79 Å². The Morgan fingerprint density at radius 2 is 1.60 bits per heavy atom. The summed E-state index contributed by atoms with van der Waals surface area (Å²) in [6, 6.07) is 21.1. The first-order valence-electron chi connectivity index (χ1n) is 9.68. The van der Waals surface area contributed by atoms with Gasteiger partial charge in [-0.25, -0.2) is 4.79 Å². The van der Waals surface area contributed by atoms with Crippen LogP contribution < -0.4 is 9.47 Å². The van der Waals surface area contributed by atoms with Crippen LogP contribution in [0, 0.1) is 0 Å². The van der Waals surface area contributed by atoms with Gasteiger partial charge in [0.1, 0.15) is 23.0 Å². The second-order valence-corrected chi connectivity index (χ2v) is 6.77. The van der Waals surface area contributed by atoms with Gasteiger partial charge >= 0.3 is 5.97 Å². The van der Waals surface area contributed by atoms with Crippen LogP contribution >= 0.6 is 0 Å². The van der Waals surface area contributed by atoms with Crippen LogP contribution in [0.25, 0.3) is 22.4 Å². The number of hydrogen-bond donors (Lipinski definition) is 1. The average molecular weight is 403 g/mol. The summed E-state index contributed by atoms with van der Waals surface area (Å²) in [5, 5.41) is 13.1. The topological polar surface area (TPSA) is 81.8 Å². The number of carboxylic acids is 1. The van der Waals surface area contributed by atoms with Crippen molar-refractivity contribution < 1.29 is 23.9 Å². The van der Waals surface area contributed by atoms with Gasteiger partial charge in [0.05, 0.1) is 6.61 Å². The highest BCUT2D eigenvalue weighted by Gasteiger charge is 2.18. The Morgan fingerprint density at radius 3 is 2.30 bits per heavy atom. The van der Waals surface area contributed by atoms with Gasteiger partial charge in [0.2, 0.25) is 0 Å². The minimum Gasteiger partial charge on any atom is -0.494 e. The number of carbonyl (C=O) groups is 1. The molecule has 2 aliphatic rings. The van der Waals surface area contributed by atoms with Crippen molar-refractivity contribution in [1.29, 1.82) is 0 Å². The first-order valence-corrected chi connectivity index (χ1v) is 9.68. The number of rotatable bonds is 8. The van der Waals surface area contributed by atoms with Gasteiger partial charge in [0, 0.05) is 23.1 Å². The van der Waals surface area contributed by atoms with Crippen molar-refractivity contribution in [3.05, 3.63) is 78.1 Å². The molecule has 0 amide bonds. The zero-order chi connectivity index (χ0) is 20.9. The Labute approximate surface area is 174 Å². The summed E-state index contributed by atoms with van der Waals surface area (Å²) in [6.07, 6.45) is 0.627. The molecule has 0 fully saturated rings. The van der Waals surface area contributed by atoms with Crippen molar-refractivity contribution in [1.82, 2.24) is 5.16 Å². The highest BCUT2D eigenvalue weighted by molar-refractivity contribution is 5.83. The first-order chi connectivity index (χ1) is 14.6. The van der Waals surface area contributed by atoms with Gasteiger partial charge in [-0.05, 0) is 48.9 Å². The van der Waals surface area contributed by atoms with Gasteiger partial charge in [-0.1, -0.05) is 35.5 Å². The van der Waals surface area contributed by atoms with Crippen LogP contribution in [0.2, 0.25) is 0 Å². The third kappa shape index (κ3) is 4.27. The summed E-state index contributed by atoms with van der Waals surface area (Å²) in [5.41, 5.74) is 4.72. The standard InChI is InChI=1S/C24H21NO5/c1-2-28-18-10-6-16(7-11-18)14-22-20-4-3-5-21(20)24(25-30-22)17-8-12-19(13-9-17)29-15-23(26)27/h3-13H,2,14-15H2,1H3,(H,26,27). The molecule has 2 aromatic rings. The zero-order valence-electron chi connectivity index (χ0n) is 16.5. The highest BCUT2D eigenvalue weighted by atomic mass is 16.5. The van der Waals surface area contributed by atoms with Crippen molar-refractivity contribution in [2.24, 2.45) is 0 Å². The minimum atomic E-state index is -1.01. The second-order valence-electron chi connectivity index (χ2n) is 6.77. The van der Waals surface area contributed by atoms with Crippen LogP contribution in [-0.4, -0.2) is 29.4 Å². The molecule has 0 spiro atoms. The lowest BCUT2D eigenvalue weighted by molar-refractivity contribution is -0.139. The van der Waals surface area contributed by atoms with Crippen LogP contribution in [0.1, 0.15) is 18.2 Å². The molecule has 0 aromatic heterocycles. The molecule has 2 aromatic carbocycles. The molecule has 0 radical (unpaired) electrons. The third-order valence-corrected chi connectivity index (χ3v) is 4.71. The van der Waals surface area contributed by atoms with Gasteiger partial charge in [-0.15, -0.1) is 0 Å². The molecule has 6 nitrogen and oxygen atoms in total. The van der Waals surface area contributed by atoms with Crippen molar-refractivity contribution in [2.45, 2.75) is 13.3 Å². The third-order valence-electron chi connectivity index (χ3n) is 4.71. The van der Waals surface area contributed by atoms with Crippen LogP contribution in [0.5, 0.6) is 11.5 Å². The lowest BCUT2D eigenvalue weighted by Crippen LogP contribution is -2.09. The molecular formula is C24H21NO5. The number of benzene rings is 2. The van der Waals surface area contributed by atoms with E-state index in [1.165, 1.54) is 0 Å². The molecule has 0 saturated heterocycles. The number of aromatic nitrogens is 1. The van der Waals surface area contributed by atoms with E-state index in [-0.39, 0.29) is 6.61 Å². The fraction of sp³-hybridized carbons (Fsp3) is 0.167. The number of hydrogen-bond acceptors (Lipinski definition) is 5. The molecular weight excluding hydrogens is 382 g/mol. The van der Waals surface area contributed by atoms with Gasteiger partial charge in [-0.2, -0.15) is 0 Å². The molecule has 6 heteroatoms. The summed E-state index contributed by atoms with van der Waals surface area (Å²) in [7, 11) is 0. The quantitative estimate of drug-likeness (QED) is 0.451.